The van der Waals surface area contributed by atoms with Crippen LogP contribution in [0.25, 0.3) is 0 Å². The molecule has 0 aliphatic rings. The van der Waals surface area contributed by atoms with Gasteiger partial charge < -0.3 is 0 Å². The van der Waals surface area contributed by atoms with Crippen LogP contribution in [0, 0.1) is 6.92 Å². The molecule has 81 valence electrons. The molecule has 16 heavy (non-hydrogen) atoms. The van der Waals surface area contributed by atoms with Crippen molar-refractivity contribution in [2.75, 3.05) is 0 Å². The van der Waals surface area contributed by atoms with Gasteiger partial charge in [0.05, 0.1) is 15.7 Å². The zero-order valence-electron chi connectivity index (χ0n) is 8.74. The van der Waals surface area contributed by atoms with Gasteiger partial charge in [-0.15, -0.1) is 0 Å². The molecule has 0 spiro atoms. The summed E-state index contributed by atoms with van der Waals surface area (Å²) in [5, 5.41) is 5.61. The van der Waals surface area contributed by atoms with Crippen LogP contribution >= 0.6 is 23.2 Å². The van der Waals surface area contributed by atoms with Crippen LogP contribution in [0.15, 0.2) is 42.5 Å². The fourth-order valence-electron chi connectivity index (χ4n) is 1.41. The highest BCUT2D eigenvalue weighted by Gasteiger charge is 2.08. The lowest BCUT2D eigenvalue weighted by atomic mass is 10.2. The van der Waals surface area contributed by atoms with Gasteiger partial charge in [-0.05, 0) is 30.7 Å². The molecule has 0 N–H and O–H groups in total. The number of para-hydroxylation sites is 2. The van der Waals surface area contributed by atoms with Gasteiger partial charge in [0.15, 0.2) is 0 Å². The highest BCUT2D eigenvalue weighted by molar-refractivity contribution is 6.38. The molecule has 0 fully saturated rings. The lowest BCUT2D eigenvalue weighted by Crippen LogP contribution is -1.93. The summed E-state index contributed by atoms with van der Waals surface area (Å²) in [4.78, 5) is 0. The zero-order chi connectivity index (χ0) is 11.5. The average Bonchev–Trinajstić information content (AvgIpc) is 2.26. The number of benzene rings is 2. The molecule has 3 heteroatoms. The lowest BCUT2D eigenvalue weighted by Gasteiger charge is -2.09. The first kappa shape index (κ1) is 11.3. The summed E-state index contributed by atoms with van der Waals surface area (Å²) in [6.45, 7) is 2.00. The fraction of sp³-hybridized carbons (Fsp3) is 0.0769. The Kier molecular flexibility index (Phi) is 3.37. The maximum Gasteiger partial charge on any atom is 0.101 e. The van der Waals surface area contributed by atoms with Crippen molar-refractivity contribution >= 4 is 34.6 Å². The van der Waals surface area contributed by atoms with E-state index in [1.165, 1.54) is 0 Å². The Bertz CT molecular complexity index is 489. The molecular weight excluding hydrogens is 241 g/mol. The van der Waals surface area contributed by atoms with Crippen LogP contribution in [0.1, 0.15) is 5.56 Å². The van der Waals surface area contributed by atoms with E-state index >= 15 is 0 Å². The van der Waals surface area contributed by atoms with Crippen molar-refractivity contribution in [3.63, 3.8) is 0 Å². The van der Waals surface area contributed by atoms with Gasteiger partial charge in [-0.25, -0.2) is 5.32 Å². The summed E-state index contributed by atoms with van der Waals surface area (Å²) >= 11 is 12.1. The van der Waals surface area contributed by atoms with Crippen molar-refractivity contribution < 1.29 is 0 Å². The van der Waals surface area contributed by atoms with E-state index in [1.807, 2.05) is 37.3 Å². The molecule has 0 atom stereocenters. The second kappa shape index (κ2) is 4.77. The topological polar surface area (TPSA) is 14.1 Å². The maximum absolute atomic E-state index is 6.05. The first-order valence-corrected chi connectivity index (χ1v) is 5.65. The molecular formula is C13H10Cl2N. The van der Waals surface area contributed by atoms with Gasteiger partial charge in [-0.1, -0.05) is 47.5 Å². The molecule has 0 unspecified atom stereocenters. The fourth-order valence-corrected chi connectivity index (χ4v) is 1.89. The average molecular weight is 251 g/mol. The van der Waals surface area contributed by atoms with Crippen LogP contribution in [-0.2, 0) is 0 Å². The molecule has 2 aromatic rings. The molecule has 0 aliphatic carbocycles. The number of hydrogen-bond acceptors (Lipinski definition) is 0. The standard InChI is InChI=1S/C13H10Cl2N/c1-9-5-2-3-8-12(9)16-13-10(14)6-4-7-11(13)15/h2-8H,1H3. The molecule has 0 aliphatic heterocycles. The van der Waals surface area contributed by atoms with E-state index in [0.717, 1.165) is 11.3 Å². The Balaban J connectivity index is 2.38. The van der Waals surface area contributed by atoms with Gasteiger partial charge in [-0.3, -0.25) is 0 Å². The number of aryl methyl sites for hydroxylation is 1. The van der Waals surface area contributed by atoms with Gasteiger partial charge >= 0.3 is 0 Å². The van der Waals surface area contributed by atoms with Crippen LogP contribution in [0.3, 0.4) is 0 Å². The predicted octanol–water partition coefficient (Wildman–Crippen LogP) is 4.87. The van der Waals surface area contributed by atoms with E-state index in [1.54, 1.807) is 12.1 Å². The zero-order valence-corrected chi connectivity index (χ0v) is 10.3. The van der Waals surface area contributed by atoms with Crippen LogP contribution < -0.4 is 5.32 Å². The summed E-state index contributed by atoms with van der Waals surface area (Å²) in [5.41, 5.74) is 2.61. The minimum absolute atomic E-state index is 0.566. The van der Waals surface area contributed by atoms with E-state index in [4.69, 9.17) is 23.2 Å². The molecule has 0 amide bonds. The van der Waals surface area contributed by atoms with Crippen molar-refractivity contribution in [1.29, 1.82) is 0 Å². The monoisotopic (exact) mass is 250 g/mol. The number of hydrogen-bond donors (Lipinski definition) is 0. The normalized spacial score (nSPS) is 10.2. The minimum atomic E-state index is 0.566. The summed E-state index contributed by atoms with van der Waals surface area (Å²) in [6.07, 6.45) is 0. The van der Waals surface area contributed by atoms with E-state index in [0.29, 0.717) is 15.7 Å². The lowest BCUT2D eigenvalue weighted by molar-refractivity contribution is 1.16. The molecule has 0 saturated heterocycles. The van der Waals surface area contributed by atoms with E-state index in [-0.39, 0.29) is 0 Å². The van der Waals surface area contributed by atoms with Crippen molar-refractivity contribution in [3.05, 3.63) is 58.1 Å². The maximum atomic E-state index is 6.05. The van der Waals surface area contributed by atoms with Gasteiger partial charge in [0.2, 0.25) is 0 Å². The first-order chi connectivity index (χ1) is 7.68. The summed E-state index contributed by atoms with van der Waals surface area (Å²) in [6, 6.07) is 13.2. The highest BCUT2D eigenvalue weighted by Crippen LogP contribution is 2.33. The minimum Gasteiger partial charge on any atom is -0.246 e. The van der Waals surface area contributed by atoms with E-state index < -0.39 is 0 Å². The Morgan fingerprint density at radius 3 is 2.12 bits per heavy atom. The third-order valence-corrected chi connectivity index (χ3v) is 2.90. The molecule has 1 radical (unpaired) electrons. The first-order valence-electron chi connectivity index (χ1n) is 4.90. The predicted molar refractivity (Wildman–Crippen MR) is 69.1 cm³/mol. The van der Waals surface area contributed by atoms with Gasteiger partial charge in [0, 0.05) is 0 Å². The Hall–Kier alpha value is -1.18. The second-order valence-corrected chi connectivity index (χ2v) is 4.28. The number of halogens is 2. The Morgan fingerprint density at radius 1 is 0.875 bits per heavy atom. The highest BCUT2D eigenvalue weighted by atomic mass is 35.5. The van der Waals surface area contributed by atoms with Gasteiger partial charge in [0.1, 0.15) is 5.69 Å². The number of nitrogens with zero attached hydrogens (tertiary/aromatic N) is 1. The molecule has 2 aromatic carbocycles. The van der Waals surface area contributed by atoms with Crippen LogP contribution in [0.2, 0.25) is 10.0 Å². The smallest absolute Gasteiger partial charge is 0.101 e. The van der Waals surface area contributed by atoms with Crippen molar-refractivity contribution in [3.8, 4) is 0 Å². The van der Waals surface area contributed by atoms with Crippen LogP contribution in [0.5, 0.6) is 0 Å². The van der Waals surface area contributed by atoms with Gasteiger partial charge in [-0.2, -0.15) is 0 Å². The molecule has 2 rings (SSSR count). The largest absolute Gasteiger partial charge is 0.246 e. The molecule has 0 heterocycles. The summed E-state index contributed by atoms with van der Waals surface area (Å²) in [5.74, 6) is 0. The third kappa shape index (κ3) is 2.31. The van der Waals surface area contributed by atoms with Crippen molar-refractivity contribution in [2.24, 2.45) is 0 Å². The Labute approximate surface area is 105 Å². The molecule has 0 aromatic heterocycles. The molecule has 0 bridgehead atoms. The Morgan fingerprint density at radius 2 is 1.50 bits per heavy atom. The summed E-state index contributed by atoms with van der Waals surface area (Å²) in [7, 11) is 0. The molecule has 1 nitrogen and oxygen atoms in total. The SMILES string of the molecule is Cc1ccccc1[N]c1c(Cl)cccc1Cl. The third-order valence-electron chi connectivity index (χ3n) is 2.29. The van der Waals surface area contributed by atoms with Crippen molar-refractivity contribution in [2.45, 2.75) is 6.92 Å². The second-order valence-electron chi connectivity index (χ2n) is 3.47. The van der Waals surface area contributed by atoms with Gasteiger partial charge in [0.25, 0.3) is 0 Å². The van der Waals surface area contributed by atoms with Crippen LogP contribution in [-0.4, -0.2) is 0 Å². The quantitative estimate of drug-likeness (QED) is 0.722. The van der Waals surface area contributed by atoms with E-state index in [9.17, 15) is 0 Å². The van der Waals surface area contributed by atoms with Crippen LogP contribution in [0.4, 0.5) is 11.4 Å². The van der Waals surface area contributed by atoms with Crippen molar-refractivity contribution in [1.82, 2.24) is 5.32 Å². The number of rotatable bonds is 2. The van der Waals surface area contributed by atoms with E-state index in [2.05, 4.69) is 5.32 Å². The summed E-state index contributed by atoms with van der Waals surface area (Å²) < 4.78 is 0. The molecule has 0 saturated carbocycles.